The second-order valence-electron chi connectivity index (χ2n) is 6.30. The first-order valence-electron chi connectivity index (χ1n) is 7.54. The van der Waals surface area contributed by atoms with Crippen LogP contribution >= 0.6 is 12.2 Å². The Morgan fingerprint density at radius 2 is 1.91 bits per heavy atom. The number of carbonyl (C=O) groups excluding carboxylic acids is 2. The molecule has 1 saturated heterocycles. The van der Waals surface area contributed by atoms with E-state index in [4.69, 9.17) is 21.7 Å². The van der Waals surface area contributed by atoms with Gasteiger partial charge in [0.2, 0.25) is 0 Å². The van der Waals surface area contributed by atoms with Crippen molar-refractivity contribution in [1.82, 2.24) is 9.80 Å². The second kappa shape index (κ2) is 7.76. The quantitative estimate of drug-likeness (QED) is 0.584. The zero-order valence-electron chi connectivity index (χ0n) is 14.0. The summed E-state index contributed by atoms with van der Waals surface area (Å²) in [6, 6.07) is -0.691. The number of nitrogens with zero attached hydrogens (tertiary/aromatic N) is 2. The summed E-state index contributed by atoms with van der Waals surface area (Å²) in [5.74, 6) is -0.449. The maximum absolute atomic E-state index is 12.3. The van der Waals surface area contributed by atoms with Crippen LogP contribution in [0.3, 0.4) is 0 Å². The lowest BCUT2D eigenvalue weighted by molar-refractivity contribution is -0.148. The molecule has 1 aliphatic heterocycles. The Kier molecular flexibility index (Phi) is 6.59. The van der Waals surface area contributed by atoms with Crippen LogP contribution in [-0.4, -0.2) is 65.2 Å². The number of carbonyl (C=O) groups is 2. The summed E-state index contributed by atoms with van der Waals surface area (Å²) in [6.07, 6.45) is 1.26. The van der Waals surface area contributed by atoms with Gasteiger partial charge in [0.25, 0.3) is 0 Å². The maximum atomic E-state index is 12.3. The van der Waals surface area contributed by atoms with Crippen LogP contribution in [0.2, 0.25) is 0 Å². The number of ether oxygens (including phenoxy) is 2. The van der Waals surface area contributed by atoms with E-state index in [0.717, 1.165) is 17.8 Å². The number of hydrogen-bond acceptors (Lipinski definition) is 5. The molecular formula is C15H26N2O4S. The molecule has 0 unspecified atom stereocenters. The molecule has 0 aromatic heterocycles. The van der Waals surface area contributed by atoms with Gasteiger partial charge in [0.05, 0.1) is 12.1 Å². The van der Waals surface area contributed by atoms with E-state index in [1.54, 1.807) is 20.8 Å². The van der Waals surface area contributed by atoms with Crippen LogP contribution in [0.5, 0.6) is 0 Å². The summed E-state index contributed by atoms with van der Waals surface area (Å²) in [6.45, 7) is 8.79. The zero-order valence-corrected chi connectivity index (χ0v) is 14.9. The lowest BCUT2D eigenvalue weighted by Crippen LogP contribution is -2.60. The summed E-state index contributed by atoms with van der Waals surface area (Å²) in [4.78, 5) is 28.5. The van der Waals surface area contributed by atoms with E-state index in [9.17, 15) is 9.59 Å². The molecule has 0 bridgehead atoms. The topological polar surface area (TPSA) is 59.1 Å². The molecule has 0 spiro atoms. The van der Waals surface area contributed by atoms with Crippen molar-refractivity contribution < 1.29 is 19.1 Å². The molecule has 126 valence electrons. The van der Waals surface area contributed by atoms with Crippen LogP contribution in [-0.2, 0) is 14.3 Å². The van der Waals surface area contributed by atoms with Gasteiger partial charge in [-0.2, -0.15) is 0 Å². The first-order valence-corrected chi connectivity index (χ1v) is 7.95. The summed E-state index contributed by atoms with van der Waals surface area (Å²) in [5, 5.41) is 0. The van der Waals surface area contributed by atoms with E-state index in [0.29, 0.717) is 19.6 Å². The van der Waals surface area contributed by atoms with Crippen molar-refractivity contribution in [1.29, 1.82) is 0 Å². The Balaban J connectivity index is 2.84. The van der Waals surface area contributed by atoms with Gasteiger partial charge in [0.15, 0.2) is 6.04 Å². The predicted octanol–water partition coefficient (Wildman–Crippen LogP) is 2.21. The van der Waals surface area contributed by atoms with Crippen LogP contribution in [0.15, 0.2) is 0 Å². The first kappa shape index (κ1) is 18.7. The van der Waals surface area contributed by atoms with E-state index in [1.807, 2.05) is 4.90 Å². The van der Waals surface area contributed by atoms with Crippen LogP contribution in [0.1, 0.15) is 40.5 Å². The van der Waals surface area contributed by atoms with E-state index in [1.165, 1.54) is 12.0 Å². The maximum Gasteiger partial charge on any atom is 0.411 e. The van der Waals surface area contributed by atoms with E-state index in [-0.39, 0.29) is 0 Å². The molecule has 0 radical (unpaired) electrons. The normalized spacial score (nSPS) is 18.9. The molecule has 1 fully saturated rings. The molecule has 1 heterocycles. The fourth-order valence-corrected chi connectivity index (χ4v) is 2.63. The van der Waals surface area contributed by atoms with Crippen LogP contribution in [0.4, 0.5) is 4.79 Å². The molecule has 0 aromatic rings. The Bertz CT molecular complexity index is 434. The van der Waals surface area contributed by atoms with Gasteiger partial charge < -0.3 is 14.4 Å². The Morgan fingerprint density at radius 1 is 1.27 bits per heavy atom. The highest BCUT2D eigenvalue weighted by Crippen LogP contribution is 2.18. The third-order valence-corrected chi connectivity index (χ3v) is 3.76. The molecule has 0 saturated carbocycles. The SMILES string of the molecule is CCCC(=S)N1CCN(C(=O)OC(C)(C)C)[C@H](C(=O)OC)C1. The zero-order chi connectivity index (χ0) is 16.9. The van der Waals surface area contributed by atoms with E-state index < -0.39 is 23.7 Å². The number of hydrogen-bond donors (Lipinski definition) is 0. The second-order valence-corrected chi connectivity index (χ2v) is 6.77. The molecule has 1 aliphatic rings. The standard InChI is InChI=1S/C15H26N2O4S/c1-6-7-12(22)16-8-9-17(11(10-16)13(18)20-5)14(19)21-15(2,3)4/h11H,6-10H2,1-5H3/t11-/m0/s1. The van der Waals surface area contributed by atoms with Gasteiger partial charge in [-0.3, -0.25) is 4.90 Å². The summed E-state index contributed by atoms with van der Waals surface area (Å²) in [5.41, 5.74) is -0.605. The lowest BCUT2D eigenvalue weighted by atomic mass is 10.1. The van der Waals surface area contributed by atoms with Crippen molar-refractivity contribution in [3.8, 4) is 0 Å². The Hall–Kier alpha value is -1.37. The minimum Gasteiger partial charge on any atom is -0.467 e. The minimum atomic E-state index is -0.691. The largest absolute Gasteiger partial charge is 0.467 e. The third kappa shape index (κ3) is 5.12. The number of thiocarbonyl (C=S) groups is 1. The highest BCUT2D eigenvalue weighted by atomic mass is 32.1. The van der Waals surface area contributed by atoms with Crippen LogP contribution < -0.4 is 0 Å². The number of amides is 1. The Labute approximate surface area is 137 Å². The number of piperazine rings is 1. The van der Waals surface area contributed by atoms with E-state index in [2.05, 4.69) is 6.92 Å². The lowest BCUT2D eigenvalue weighted by Gasteiger charge is -2.41. The monoisotopic (exact) mass is 330 g/mol. The molecule has 0 N–H and O–H groups in total. The van der Waals surface area contributed by atoms with Gasteiger partial charge in [0, 0.05) is 19.6 Å². The number of rotatable bonds is 3. The number of methoxy groups -OCH3 is 1. The van der Waals surface area contributed by atoms with Gasteiger partial charge >= 0.3 is 12.1 Å². The van der Waals surface area contributed by atoms with Gasteiger partial charge in [-0.25, -0.2) is 9.59 Å². The average molecular weight is 330 g/mol. The highest BCUT2D eigenvalue weighted by Gasteiger charge is 2.38. The summed E-state index contributed by atoms with van der Waals surface area (Å²) in [7, 11) is 1.32. The average Bonchev–Trinajstić information content (AvgIpc) is 2.44. The molecule has 6 nitrogen and oxygen atoms in total. The Morgan fingerprint density at radius 3 is 2.41 bits per heavy atom. The fourth-order valence-electron chi connectivity index (χ4n) is 2.26. The van der Waals surface area contributed by atoms with Crippen molar-refractivity contribution >= 4 is 29.3 Å². The van der Waals surface area contributed by atoms with Crippen molar-refractivity contribution in [2.24, 2.45) is 0 Å². The van der Waals surface area contributed by atoms with E-state index >= 15 is 0 Å². The fraction of sp³-hybridized carbons (Fsp3) is 0.800. The molecule has 0 aromatic carbocycles. The summed E-state index contributed by atoms with van der Waals surface area (Å²) >= 11 is 5.38. The summed E-state index contributed by atoms with van der Waals surface area (Å²) < 4.78 is 10.2. The molecule has 1 atom stereocenters. The third-order valence-electron chi connectivity index (χ3n) is 3.30. The molecule has 22 heavy (non-hydrogen) atoms. The van der Waals surface area contributed by atoms with Gasteiger partial charge in [-0.1, -0.05) is 19.1 Å². The van der Waals surface area contributed by atoms with Gasteiger partial charge in [0.1, 0.15) is 5.60 Å². The number of esters is 1. The van der Waals surface area contributed by atoms with Gasteiger partial charge in [-0.05, 0) is 33.6 Å². The van der Waals surface area contributed by atoms with Crippen molar-refractivity contribution in [3.63, 3.8) is 0 Å². The molecule has 7 heteroatoms. The van der Waals surface area contributed by atoms with Crippen molar-refractivity contribution in [2.75, 3.05) is 26.7 Å². The highest BCUT2D eigenvalue weighted by molar-refractivity contribution is 7.80. The van der Waals surface area contributed by atoms with Crippen molar-refractivity contribution in [2.45, 2.75) is 52.2 Å². The first-order chi connectivity index (χ1) is 10.2. The van der Waals surface area contributed by atoms with Crippen molar-refractivity contribution in [3.05, 3.63) is 0 Å². The smallest absolute Gasteiger partial charge is 0.411 e. The molecular weight excluding hydrogens is 304 g/mol. The molecule has 0 aliphatic carbocycles. The molecule has 1 rings (SSSR count). The molecule has 1 amide bonds. The van der Waals surface area contributed by atoms with Crippen LogP contribution in [0, 0.1) is 0 Å². The van der Waals surface area contributed by atoms with Gasteiger partial charge in [-0.15, -0.1) is 0 Å². The van der Waals surface area contributed by atoms with Crippen LogP contribution in [0.25, 0.3) is 0 Å². The minimum absolute atomic E-state index is 0.352. The predicted molar refractivity (Wildman–Crippen MR) is 87.8 cm³/mol.